The number of imidazole rings is 1. The van der Waals surface area contributed by atoms with Crippen molar-refractivity contribution in [3.05, 3.63) is 35.0 Å². The minimum Gasteiger partial charge on any atom is -0.431 e. The molecule has 3 rings (SSSR count). The molecule has 0 aliphatic heterocycles. The van der Waals surface area contributed by atoms with Gasteiger partial charge < -0.3 is 10.1 Å². The highest BCUT2D eigenvalue weighted by Gasteiger charge is 2.47. The normalized spacial score (nSPS) is 18.7. The Labute approximate surface area is 230 Å². The zero-order valence-electron chi connectivity index (χ0n) is 23.1. The topological polar surface area (TPSA) is 103 Å². The lowest BCUT2D eigenvalue weighted by atomic mass is 9.85. The summed E-state index contributed by atoms with van der Waals surface area (Å²) < 4.78 is 96.4. The van der Waals surface area contributed by atoms with Crippen molar-refractivity contribution in [1.29, 1.82) is 0 Å². The molecule has 224 valence electrons. The summed E-state index contributed by atoms with van der Waals surface area (Å²) in [7, 11) is -3.10. The highest BCUT2D eigenvalue weighted by Crippen LogP contribution is 2.41. The van der Waals surface area contributed by atoms with E-state index >= 15 is 0 Å². The zero-order chi connectivity index (χ0) is 30.0. The van der Waals surface area contributed by atoms with Crippen molar-refractivity contribution in [2.75, 3.05) is 12.8 Å². The summed E-state index contributed by atoms with van der Waals surface area (Å²) in [5.74, 6) is -0.609. The average molecular weight is 595 g/mol. The van der Waals surface area contributed by atoms with Crippen LogP contribution in [0.3, 0.4) is 0 Å². The molecular weight excluding hydrogens is 559 g/mol. The number of nitrogens with zero attached hydrogens (tertiary/aromatic N) is 3. The Kier molecular flexibility index (Phi) is 9.52. The maximum atomic E-state index is 13.4. The van der Waals surface area contributed by atoms with Gasteiger partial charge in [0, 0.05) is 25.4 Å². The van der Waals surface area contributed by atoms with Crippen molar-refractivity contribution in [2.45, 2.75) is 84.3 Å². The van der Waals surface area contributed by atoms with Crippen LogP contribution in [-0.2, 0) is 22.7 Å². The minimum absolute atomic E-state index is 0.0498. The number of aryl methyl sites for hydroxylation is 1. The Morgan fingerprint density at radius 3 is 2.35 bits per heavy atom. The molecule has 0 bridgehead atoms. The molecule has 2 aromatic heterocycles. The molecule has 0 aromatic carbocycles. The maximum absolute atomic E-state index is 13.4. The van der Waals surface area contributed by atoms with Gasteiger partial charge in [0.05, 0.1) is 16.4 Å². The largest absolute Gasteiger partial charge is 0.431 e. The summed E-state index contributed by atoms with van der Waals surface area (Å²) in [4.78, 5) is 21.6. The second kappa shape index (κ2) is 12.0. The molecule has 1 fully saturated rings. The van der Waals surface area contributed by atoms with Crippen LogP contribution in [-0.4, -0.2) is 59.7 Å². The standard InChI is InChI=1S/C26H35F5N4O4S/c1-6-20-34-21(23(36)33-13-16-7-9-18(10-8-16)40(5,37)38)15(2)35(20)22-19(39-24(27)28)11-17(14-32-22)12-25(3,4)26(29,30)31/h11,14,16,18,24H,6-10,12-13H2,1-5H3,(H,33,36)/t16-,18-. The zero-order valence-corrected chi connectivity index (χ0v) is 23.9. The summed E-state index contributed by atoms with van der Waals surface area (Å²) >= 11 is 0. The summed E-state index contributed by atoms with van der Waals surface area (Å²) in [6.45, 7) is 2.38. The number of halogens is 5. The highest BCUT2D eigenvalue weighted by atomic mass is 32.2. The average Bonchev–Trinajstić information content (AvgIpc) is 3.17. The van der Waals surface area contributed by atoms with Gasteiger partial charge in [-0.15, -0.1) is 0 Å². The second-order valence-corrected chi connectivity index (χ2v) is 13.3. The smallest absolute Gasteiger partial charge is 0.394 e. The summed E-state index contributed by atoms with van der Waals surface area (Å²) in [6, 6.07) is 1.10. The van der Waals surface area contributed by atoms with Crippen molar-refractivity contribution in [1.82, 2.24) is 19.9 Å². The molecule has 1 aliphatic rings. The van der Waals surface area contributed by atoms with Crippen LogP contribution in [0.25, 0.3) is 5.82 Å². The number of pyridine rings is 1. The van der Waals surface area contributed by atoms with Gasteiger partial charge in [0.2, 0.25) is 0 Å². The van der Waals surface area contributed by atoms with Crippen LogP contribution in [0.1, 0.15) is 74.0 Å². The van der Waals surface area contributed by atoms with Crippen molar-refractivity contribution >= 4 is 15.7 Å². The predicted octanol–water partition coefficient (Wildman–Crippen LogP) is 5.20. The molecule has 0 saturated heterocycles. The van der Waals surface area contributed by atoms with Gasteiger partial charge in [0.1, 0.15) is 21.4 Å². The molecular formula is C26H35F5N4O4S. The first-order valence-corrected chi connectivity index (χ1v) is 15.0. The van der Waals surface area contributed by atoms with E-state index in [9.17, 15) is 35.2 Å². The van der Waals surface area contributed by atoms with E-state index in [1.54, 1.807) is 13.8 Å². The number of nitrogens with one attached hydrogen (secondary N) is 1. The maximum Gasteiger partial charge on any atom is 0.394 e. The number of sulfone groups is 1. The lowest BCUT2D eigenvalue weighted by Gasteiger charge is -2.28. The second-order valence-electron chi connectivity index (χ2n) is 10.9. The quantitative estimate of drug-likeness (QED) is 0.379. The first-order valence-electron chi connectivity index (χ1n) is 13.0. The number of carbonyl (C=O) groups is 1. The molecule has 1 amide bonds. The number of rotatable bonds is 10. The summed E-state index contributed by atoms with van der Waals surface area (Å²) in [6.07, 6.45) is 0.0303. The fraction of sp³-hybridized carbons (Fsp3) is 0.654. The number of carbonyl (C=O) groups excluding carboxylic acids is 1. The van der Waals surface area contributed by atoms with E-state index in [0.29, 0.717) is 50.2 Å². The van der Waals surface area contributed by atoms with Crippen LogP contribution in [0.5, 0.6) is 5.75 Å². The van der Waals surface area contributed by atoms with E-state index < -0.39 is 46.1 Å². The van der Waals surface area contributed by atoms with Crippen LogP contribution in [0.15, 0.2) is 12.3 Å². The van der Waals surface area contributed by atoms with Crippen LogP contribution in [0.4, 0.5) is 22.0 Å². The third-order valence-corrected chi connectivity index (χ3v) is 9.07. The number of hydrogen-bond donors (Lipinski definition) is 1. The Balaban J connectivity index is 1.86. The molecule has 0 radical (unpaired) electrons. The van der Waals surface area contributed by atoms with Crippen LogP contribution >= 0.6 is 0 Å². The van der Waals surface area contributed by atoms with Crippen molar-refractivity contribution in [3.8, 4) is 11.6 Å². The van der Waals surface area contributed by atoms with Gasteiger partial charge in [-0.1, -0.05) is 20.8 Å². The SMILES string of the molecule is CCc1nc(C(=O)NC[C@H]2CC[C@H](S(C)(=O)=O)CC2)c(C)n1-c1ncc(CC(C)(C)C(F)(F)F)cc1OC(F)F. The number of ether oxygens (including phenoxy) is 1. The molecule has 0 spiro atoms. The first-order chi connectivity index (χ1) is 18.4. The third kappa shape index (κ3) is 7.29. The number of hydrogen-bond acceptors (Lipinski definition) is 6. The van der Waals surface area contributed by atoms with Gasteiger partial charge >= 0.3 is 12.8 Å². The molecule has 1 aliphatic carbocycles. The van der Waals surface area contributed by atoms with Gasteiger partial charge in [0.15, 0.2) is 11.6 Å². The van der Waals surface area contributed by atoms with E-state index in [0.717, 1.165) is 19.9 Å². The lowest BCUT2D eigenvalue weighted by molar-refractivity contribution is -0.211. The summed E-state index contributed by atoms with van der Waals surface area (Å²) in [5, 5.41) is 2.46. The van der Waals surface area contributed by atoms with Crippen LogP contribution in [0.2, 0.25) is 0 Å². The van der Waals surface area contributed by atoms with Gasteiger partial charge in [-0.3, -0.25) is 9.36 Å². The van der Waals surface area contributed by atoms with Gasteiger partial charge in [-0.05, 0) is 56.6 Å². The minimum atomic E-state index is -4.53. The monoisotopic (exact) mass is 594 g/mol. The molecule has 8 nitrogen and oxygen atoms in total. The van der Waals surface area contributed by atoms with Crippen LogP contribution in [0, 0.1) is 18.3 Å². The molecule has 1 N–H and O–H groups in total. The van der Waals surface area contributed by atoms with Crippen molar-refractivity contribution in [3.63, 3.8) is 0 Å². The van der Waals surface area contributed by atoms with E-state index in [1.165, 1.54) is 17.0 Å². The van der Waals surface area contributed by atoms with E-state index in [1.807, 2.05) is 0 Å². The van der Waals surface area contributed by atoms with Crippen molar-refractivity contribution < 1.29 is 39.9 Å². The summed E-state index contributed by atoms with van der Waals surface area (Å²) in [5.41, 5.74) is -1.73. The fourth-order valence-electron chi connectivity index (χ4n) is 4.91. The molecule has 14 heteroatoms. The van der Waals surface area contributed by atoms with Gasteiger partial charge in [-0.25, -0.2) is 18.4 Å². The Morgan fingerprint density at radius 1 is 1.20 bits per heavy atom. The number of aromatic nitrogens is 3. The molecule has 0 unspecified atom stereocenters. The molecule has 0 atom stereocenters. The molecule has 40 heavy (non-hydrogen) atoms. The van der Waals surface area contributed by atoms with E-state index in [4.69, 9.17) is 0 Å². The van der Waals surface area contributed by atoms with Crippen LogP contribution < -0.4 is 10.1 Å². The van der Waals surface area contributed by atoms with E-state index in [-0.39, 0.29) is 28.2 Å². The molecule has 2 heterocycles. The Hall–Kier alpha value is -2.77. The van der Waals surface area contributed by atoms with Crippen molar-refractivity contribution in [2.24, 2.45) is 11.3 Å². The Morgan fingerprint density at radius 2 is 1.82 bits per heavy atom. The van der Waals surface area contributed by atoms with Gasteiger partial charge in [-0.2, -0.15) is 22.0 Å². The highest BCUT2D eigenvalue weighted by molar-refractivity contribution is 7.91. The Bertz CT molecular complexity index is 1320. The van der Waals surface area contributed by atoms with E-state index in [2.05, 4.69) is 20.0 Å². The number of amides is 1. The fourth-order valence-corrected chi connectivity index (χ4v) is 6.04. The molecule has 1 saturated carbocycles. The molecule has 2 aromatic rings. The third-order valence-electron chi connectivity index (χ3n) is 7.39. The predicted molar refractivity (Wildman–Crippen MR) is 139 cm³/mol. The first kappa shape index (κ1) is 31.8. The lowest BCUT2D eigenvalue weighted by Crippen LogP contribution is -2.34. The number of alkyl halides is 5. The van der Waals surface area contributed by atoms with Gasteiger partial charge in [0.25, 0.3) is 5.91 Å².